The summed E-state index contributed by atoms with van der Waals surface area (Å²) in [6.45, 7) is 1.90. The van der Waals surface area contributed by atoms with Crippen molar-refractivity contribution in [3.05, 3.63) is 93.1 Å². The number of methoxy groups -OCH3 is 1. The Hall–Kier alpha value is -2.53. The summed E-state index contributed by atoms with van der Waals surface area (Å²) in [5, 5.41) is 0. The van der Waals surface area contributed by atoms with Gasteiger partial charge in [0.05, 0.1) is 12.8 Å². The summed E-state index contributed by atoms with van der Waals surface area (Å²) in [4.78, 5) is 9.35. The van der Waals surface area contributed by atoms with Gasteiger partial charge in [-0.3, -0.25) is 0 Å². The van der Waals surface area contributed by atoms with Gasteiger partial charge in [-0.1, -0.05) is 58.4 Å². The number of nitrogens with zero attached hydrogens (tertiary/aromatic N) is 2. The van der Waals surface area contributed by atoms with E-state index in [1.54, 1.807) is 7.11 Å². The van der Waals surface area contributed by atoms with Gasteiger partial charge < -0.3 is 4.74 Å². The minimum atomic E-state index is -0.182. The second-order valence-corrected chi connectivity index (χ2v) is 8.55. The quantitative estimate of drug-likeness (QED) is 0.422. The number of aromatic nitrogens is 2. The summed E-state index contributed by atoms with van der Waals surface area (Å²) >= 11 is 3.33. The van der Waals surface area contributed by atoms with Crippen LogP contribution in [0.5, 0.6) is 5.88 Å². The number of rotatable bonds is 5. The molecule has 0 saturated carbocycles. The molecule has 1 unspecified atom stereocenters. The third-order valence-electron chi connectivity index (χ3n) is 5.60. The predicted octanol–water partition coefficient (Wildman–Crippen LogP) is 6.64. The molecule has 0 radical (unpaired) electrons. The van der Waals surface area contributed by atoms with Gasteiger partial charge in [-0.2, -0.15) is 4.98 Å². The molecule has 0 bridgehead atoms. The second-order valence-electron chi connectivity index (χ2n) is 7.63. The van der Waals surface area contributed by atoms with Gasteiger partial charge >= 0.3 is 0 Å². The molecule has 154 valence electrons. The summed E-state index contributed by atoms with van der Waals surface area (Å²) in [6, 6.07) is 15.6. The largest absolute Gasteiger partial charge is 0.481 e. The van der Waals surface area contributed by atoms with Gasteiger partial charge in [0.25, 0.3) is 0 Å². The van der Waals surface area contributed by atoms with E-state index in [1.807, 2.05) is 37.3 Å². The molecule has 0 amide bonds. The second kappa shape index (κ2) is 9.09. The number of hydrogen-bond donors (Lipinski definition) is 0. The summed E-state index contributed by atoms with van der Waals surface area (Å²) < 4.78 is 20.8. The number of aryl methyl sites for hydroxylation is 1. The van der Waals surface area contributed by atoms with E-state index in [0.29, 0.717) is 17.3 Å². The minimum absolute atomic E-state index is 0.182. The Balaban J connectivity index is 1.65. The average Bonchev–Trinajstić information content (AvgIpc) is 2.75. The lowest BCUT2D eigenvalue weighted by atomic mass is 9.82. The van der Waals surface area contributed by atoms with Crippen molar-refractivity contribution in [2.45, 2.75) is 38.5 Å². The fourth-order valence-corrected chi connectivity index (χ4v) is 4.47. The maximum absolute atomic E-state index is 14.4. The molecule has 30 heavy (non-hydrogen) atoms. The van der Waals surface area contributed by atoms with Crippen molar-refractivity contribution in [3.63, 3.8) is 0 Å². The van der Waals surface area contributed by atoms with E-state index in [-0.39, 0.29) is 11.7 Å². The van der Waals surface area contributed by atoms with Crippen LogP contribution < -0.4 is 4.74 Å². The molecule has 1 atom stereocenters. The number of halogens is 2. The van der Waals surface area contributed by atoms with Gasteiger partial charge in [-0.15, -0.1) is 0 Å². The van der Waals surface area contributed by atoms with Crippen LogP contribution in [0.4, 0.5) is 4.39 Å². The first kappa shape index (κ1) is 20.7. The Morgan fingerprint density at radius 3 is 2.60 bits per heavy atom. The molecule has 2 aromatic carbocycles. The topological polar surface area (TPSA) is 35.0 Å². The van der Waals surface area contributed by atoms with Crippen LogP contribution in [0.2, 0.25) is 0 Å². The van der Waals surface area contributed by atoms with Crippen LogP contribution in [0, 0.1) is 12.7 Å². The number of ether oxygens (including phenoxy) is 1. The van der Waals surface area contributed by atoms with Gasteiger partial charge in [-0.05, 0) is 49.5 Å². The molecule has 3 nitrogen and oxygen atoms in total. The monoisotopic (exact) mass is 466 g/mol. The van der Waals surface area contributed by atoms with Crippen molar-refractivity contribution < 1.29 is 9.13 Å². The van der Waals surface area contributed by atoms with Crippen molar-refractivity contribution in [1.82, 2.24) is 9.97 Å². The SMILES string of the molecule is COc1nc(C)nc(C2CC=C(c3ccc(Br)cc3F)CC2)c1Cc1ccccc1. The maximum Gasteiger partial charge on any atom is 0.220 e. The van der Waals surface area contributed by atoms with Gasteiger partial charge in [-0.25, -0.2) is 9.37 Å². The first-order valence-electron chi connectivity index (χ1n) is 10.1. The normalized spacial score (nSPS) is 16.3. The van der Waals surface area contributed by atoms with Gasteiger partial charge in [0.2, 0.25) is 5.88 Å². The lowest BCUT2D eigenvalue weighted by Crippen LogP contribution is -2.13. The van der Waals surface area contributed by atoms with E-state index in [0.717, 1.165) is 47.0 Å². The lowest BCUT2D eigenvalue weighted by molar-refractivity contribution is 0.388. The van der Waals surface area contributed by atoms with E-state index in [2.05, 4.69) is 39.1 Å². The van der Waals surface area contributed by atoms with Crippen LogP contribution in [0.3, 0.4) is 0 Å². The summed E-state index contributed by atoms with van der Waals surface area (Å²) in [6.07, 6.45) is 5.46. The Bertz CT molecular complexity index is 1080. The van der Waals surface area contributed by atoms with Crippen molar-refractivity contribution >= 4 is 21.5 Å². The van der Waals surface area contributed by atoms with Crippen molar-refractivity contribution in [2.75, 3.05) is 7.11 Å². The molecule has 1 aliphatic rings. The Morgan fingerprint density at radius 2 is 1.93 bits per heavy atom. The smallest absolute Gasteiger partial charge is 0.220 e. The van der Waals surface area contributed by atoms with Crippen molar-refractivity contribution in [1.29, 1.82) is 0 Å². The fraction of sp³-hybridized carbons (Fsp3) is 0.280. The van der Waals surface area contributed by atoms with Crippen LogP contribution in [0.15, 0.2) is 59.1 Å². The van der Waals surface area contributed by atoms with Crippen molar-refractivity contribution in [3.8, 4) is 5.88 Å². The first-order chi connectivity index (χ1) is 14.5. The molecule has 0 N–H and O–H groups in total. The average molecular weight is 467 g/mol. The van der Waals surface area contributed by atoms with Gasteiger partial charge in [0.15, 0.2) is 0 Å². The van der Waals surface area contributed by atoms with Crippen LogP contribution in [0.25, 0.3) is 5.57 Å². The molecule has 1 aromatic heterocycles. The molecule has 3 aromatic rings. The predicted molar refractivity (Wildman–Crippen MR) is 121 cm³/mol. The molecule has 1 aliphatic carbocycles. The van der Waals surface area contributed by atoms with Crippen LogP contribution in [0.1, 0.15) is 53.4 Å². The highest BCUT2D eigenvalue weighted by atomic mass is 79.9. The van der Waals surface area contributed by atoms with Crippen molar-refractivity contribution in [2.24, 2.45) is 0 Å². The van der Waals surface area contributed by atoms with Gasteiger partial charge in [0, 0.05) is 27.9 Å². The summed E-state index contributed by atoms with van der Waals surface area (Å²) in [7, 11) is 1.66. The molecule has 0 fully saturated rings. The third kappa shape index (κ3) is 4.46. The summed E-state index contributed by atoms with van der Waals surface area (Å²) in [5.41, 5.74) is 5.06. The summed E-state index contributed by atoms with van der Waals surface area (Å²) in [5.74, 6) is 1.45. The van der Waals surface area contributed by atoms with E-state index >= 15 is 0 Å². The molecule has 0 saturated heterocycles. The zero-order chi connectivity index (χ0) is 21.1. The Morgan fingerprint density at radius 1 is 1.13 bits per heavy atom. The zero-order valence-corrected chi connectivity index (χ0v) is 18.7. The highest BCUT2D eigenvalue weighted by molar-refractivity contribution is 9.10. The van der Waals surface area contributed by atoms with Crippen LogP contribution in [-0.4, -0.2) is 17.1 Å². The third-order valence-corrected chi connectivity index (χ3v) is 6.10. The maximum atomic E-state index is 14.4. The fourth-order valence-electron chi connectivity index (χ4n) is 4.14. The number of benzene rings is 2. The highest BCUT2D eigenvalue weighted by Crippen LogP contribution is 2.39. The highest BCUT2D eigenvalue weighted by Gasteiger charge is 2.25. The van der Waals surface area contributed by atoms with E-state index in [1.165, 1.54) is 11.6 Å². The Labute approximate surface area is 185 Å². The first-order valence-corrected chi connectivity index (χ1v) is 10.9. The number of hydrogen-bond acceptors (Lipinski definition) is 3. The molecular weight excluding hydrogens is 443 g/mol. The standard InChI is InChI=1S/C25H24BrFN2O/c1-16-28-24(22(25(29-16)30-2)14-17-6-4-3-5-7-17)19-10-8-18(9-11-19)21-13-12-20(26)15-23(21)27/h3-8,12-13,15,19H,9-11,14H2,1-2H3. The molecule has 1 heterocycles. The molecule has 0 spiro atoms. The molecule has 5 heteroatoms. The van der Waals surface area contributed by atoms with E-state index in [9.17, 15) is 4.39 Å². The lowest BCUT2D eigenvalue weighted by Gasteiger charge is -2.25. The minimum Gasteiger partial charge on any atom is -0.481 e. The van der Waals surface area contributed by atoms with E-state index in [4.69, 9.17) is 9.72 Å². The van der Waals surface area contributed by atoms with Crippen LogP contribution in [-0.2, 0) is 6.42 Å². The van der Waals surface area contributed by atoms with Crippen LogP contribution >= 0.6 is 15.9 Å². The Kier molecular flexibility index (Phi) is 6.28. The molecule has 4 rings (SSSR count). The molecular formula is C25H24BrFN2O. The van der Waals surface area contributed by atoms with Gasteiger partial charge in [0.1, 0.15) is 11.6 Å². The van der Waals surface area contributed by atoms with E-state index < -0.39 is 0 Å². The molecule has 0 aliphatic heterocycles. The number of allylic oxidation sites excluding steroid dienone is 2. The zero-order valence-electron chi connectivity index (χ0n) is 17.2.